The zero-order valence-corrected chi connectivity index (χ0v) is 9.16. The monoisotopic (exact) mass is 271 g/mol. The van der Waals surface area contributed by atoms with E-state index in [4.69, 9.17) is 4.42 Å². The number of anilines is 1. The van der Waals surface area contributed by atoms with Gasteiger partial charge in [-0.05, 0) is 22.0 Å². The van der Waals surface area contributed by atoms with Crippen molar-refractivity contribution < 1.29 is 8.81 Å². The van der Waals surface area contributed by atoms with Gasteiger partial charge in [-0.25, -0.2) is 9.97 Å². The van der Waals surface area contributed by atoms with E-state index in [1.54, 1.807) is 6.26 Å². The summed E-state index contributed by atoms with van der Waals surface area (Å²) >= 11 is 3.19. The van der Waals surface area contributed by atoms with Crippen molar-refractivity contribution in [2.75, 3.05) is 5.32 Å². The molecule has 0 aliphatic carbocycles. The van der Waals surface area contributed by atoms with Gasteiger partial charge in [-0.2, -0.15) is 4.39 Å². The zero-order chi connectivity index (χ0) is 10.7. The molecule has 0 bridgehead atoms. The number of hydrogen-bond acceptors (Lipinski definition) is 4. The van der Waals surface area contributed by atoms with Crippen LogP contribution in [0, 0.1) is 5.95 Å². The first-order chi connectivity index (χ1) is 7.24. The van der Waals surface area contributed by atoms with Gasteiger partial charge in [0.05, 0.1) is 6.26 Å². The number of halogens is 2. The second-order valence-corrected chi connectivity index (χ2v) is 3.62. The summed E-state index contributed by atoms with van der Waals surface area (Å²) in [6, 6.07) is 3.06. The number of furan rings is 1. The molecule has 0 saturated carbocycles. The third-order valence-corrected chi connectivity index (χ3v) is 2.14. The highest BCUT2D eigenvalue weighted by Gasteiger charge is 2.00. The van der Waals surface area contributed by atoms with Gasteiger partial charge in [0, 0.05) is 18.2 Å². The third kappa shape index (κ3) is 2.76. The second-order valence-electron chi connectivity index (χ2n) is 2.84. The molecular formula is C9H7BrFN3O. The van der Waals surface area contributed by atoms with Crippen LogP contribution in [-0.4, -0.2) is 9.97 Å². The van der Waals surface area contributed by atoms with Crippen molar-refractivity contribution in [2.24, 2.45) is 0 Å². The lowest BCUT2D eigenvalue weighted by molar-refractivity contribution is 0.539. The maximum atomic E-state index is 12.7. The number of aromatic nitrogens is 2. The van der Waals surface area contributed by atoms with Crippen LogP contribution in [0.1, 0.15) is 5.56 Å². The van der Waals surface area contributed by atoms with Crippen LogP contribution < -0.4 is 5.32 Å². The molecule has 0 radical (unpaired) electrons. The van der Waals surface area contributed by atoms with Crippen molar-refractivity contribution in [3.8, 4) is 0 Å². The first kappa shape index (κ1) is 10.1. The first-order valence-electron chi connectivity index (χ1n) is 4.18. The van der Waals surface area contributed by atoms with Crippen LogP contribution in [0.3, 0.4) is 0 Å². The Hall–Kier alpha value is -1.43. The number of rotatable bonds is 3. The Morgan fingerprint density at radius 1 is 1.40 bits per heavy atom. The maximum Gasteiger partial charge on any atom is 0.217 e. The first-order valence-corrected chi connectivity index (χ1v) is 4.97. The Labute approximate surface area is 93.7 Å². The van der Waals surface area contributed by atoms with Crippen LogP contribution >= 0.6 is 15.9 Å². The van der Waals surface area contributed by atoms with Gasteiger partial charge < -0.3 is 9.73 Å². The predicted octanol–water partition coefficient (Wildman–Crippen LogP) is 2.58. The Kier molecular flexibility index (Phi) is 2.96. The Bertz CT molecular complexity index is 460. The zero-order valence-electron chi connectivity index (χ0n) is 7.58. The van der Waals surface area contributed by atoms with Crippen molar-refractivity contribution in [1.29, 1.82) is 0 Å². The highest BCUT2D eigenvalue weighted by atomic mass is 79.9. The van der Waals surface area contributed by atoms with Crippen LogP contribution in [0.15, 0.2) is 33.8 Å². The Morgan fingerprint density at radius 3 is 2.93 bits per heavy atom. The molecule has 0 amide bonds. The molecule has 0 aliphatic heterocycles. The van der Waals surface area contributed by atoms with Crippen molar-refractivity contribution in [3.05, 3.63) is 40.9 Å². The fraction of sp³-hybridized carbons (Fsp3) is 0.111. The molecule has 0 unspecified atom stereocenters. The molecule has 0 spiro atoms. The molecule has 0 aromatic carbocycles. The van der Waals surface area contributed by atoms with E-state index in [1.807, 2.05) is 6.07 Å². The number of hydrogen-bond donors (Lipinski definition) is 1. The van der Waals surface area contributed by atoms with E-state index >= 15 is 0 Å². The van der Waals surface area contributed by atoms with Crippen molar-refractivity contribution in [2.45, 2.75) is 6.54 Å². The summed E-state index contributed by atoms with van der Waals surface area (Å²) in [7, 11) is 0. The molecule has 2 rings (SSSR count). The molecule has 78 valence electrons. The summed E-state index contributed by atoms with van der Waals surface area (Å²) in [6.45, 7) is 0.519. The molecule has 0 aliphatic rings. The minimum atomic E-state index is -0.555. The average Bonchev–Trinajstić information content (AvgIpc) is 2.62. The molecule has 0 saturated heterocycles. The molecular weight excluding hydrogens is 265 g/mol. The van der Waals surface area contributed by atoms with Crippen molar-refractivity contribution >= 4 is 21.7 Å². The minimum Gasteiger partial charge on any atom is -0.457 e. The normalized spacial score (nSPS) is 10.3. The molecule has 2 aromatic heterocycles. The average molecular weight is 272 g/mol. The summed E-state index contributed by atoms with van der Waals surface area (Å²) in [5.41, 5.74) is 0.945. The quantitative estimate of drug-likeness (QED) is 0.872. The lowest BCUT2D eigenvalue weighted by Gasteiger charge is -2.01. The lowest BCUT2D eigenvalue weighted by Crippen LogP contribution is -2.01. The fourth-order valence-electron chi connectivity index (χ4n) is 1.06. The molecule has 4 nitrogen and oxygen atoms in total. The van der Waals surface area contributed by atoms with E-state index < -0.39 is 5.95 Å². The summed E-state index contributed by atoms with van der Waals surface area (Å²) in [6.07, 6.45) is 2.78. The molecule has 0 atom stereocenters. The molecule has 2 heterocycles. The van der Waals surface area contributed by atoms with Gasteiger partial charge in [-0.1, -0.05) is 0 Å². The maximum absolute atomic E-state index is 12.7. The van der Waals surface area contributed by atoms with Crippen LogP contribution in [0.2, 0.25) is 0 Å². The van der Waals surface area contributed by atoms with Crippen molar-refractivity contribution in [3.63, 3.8) is 0 Å². The van der Waals surface area contributed by atoms with Gasteiger partial charge >= 0.3 is 0 Å². The summed E-state index contributed by atoms with van der Waals surface area (Å²) in [4.78, 5) is 7.21. The standard InChI is InChI=1S/C9H7BrFN3O/c10-7-1-6(4-15-7)3-12-9-2-8(11)13-5-14-9/h1-2,4-5H,3H2,(H,12,13,14). The Balaban J connectivity index is 1.99. The smallest absolute Gasteiger partial charge is 0.217 e. The molecule has 0 fully saturated rings. The largest absolute Gasteiger partial charge is 0.457 e. The number of nitrogens with one attached hydrogen (secondary N) is 1. The van der Waals surface area contributed by atoms with Crippen LogP contribution in [-0.2, 0) is 6.54 Å². The SMILES string of the molecule is Fc1cc(NCc2coc(Br)c2)ncn1. The van der Waals surface area contributed by atoms with Crippen LogP contribution in [0.25, 0.3) is 0 Å². The summed E-state index contributed by atoms with van der Waals surface area (Å²) in [5, 5.41) is 2.94. The molecule has 1 N–H and O–H groups in total. The summed E-state index contributed by atoms with van der Waals surface area (Å²) < 4.78 is 18.4. The van der Waals surface area contributed by atoms with Gasteiger partial charge in [0.1, 0.15) is 12.1 Å². The summed E-state index contributed by atoms with van der Waals surface area (Å²) in [5.74, 6) is -0.110. The predicted molar refractivity (Wildman–Crippen MR) is 55.7 cm³/mol. The second kappa shape index (κ2) is 4.39. The van der Waals surface area contributed by atoms with Crippen LogP contribution in [0.5, 0.6) is 0 Å². The molecule has 6 heteroatoms. The molecule has 2 aromatic rings. The minimum absolute atomic E-state index is 0.444. The van der Waals surface area contributed by atoms with Gasteiger partial charge in [0.15, 0.2) is 4.67 Å². The van der Waals surface area contributed by atoms with Gasteiger partial charge in [0.25, 0.3) is 0 Å². The lowest BCUT2D eigenvalue weighted by atomic mass is 10.3. The van der Waals surface area contributed by atoms with Gasteiger partial charge in [0.2, 0.25) is 5.95 Å². The van der Waals surface area contributed by atoms with E-state index in [0.717, 1.165) is 5.56 Å². The Morgan fingerprint density at radius 2 is 2.27 bits per heavy atom. The van der Waals surface area contributed by atoms with E-state index in [9.17, 15) is 4.39 Å². The fourth-order valence-corrected chi connectivity index (χ4v) is 1.45. The van der Waals surface area contributed by atoms with Gasteiger partial charge in [-0.15, -0.1) is 0 Å². The highest BCUT2D eigenvalue weighted by molar-refractivity contribution is 9.10. The van der Waals surface area contributed by atoms with E-state index in [1.165, 1.54) is 12.4 Å². The topological polar surface area (TPSA) is 51.0 Å². The molecule has 15 heavy (non-hydrogen) atoms. The van der Waals surface area contributed by atoms with Crippen molar-refractivity contribution in [1.82, 2.24) is 9.97 Å². The van der Waals surface area contributed by atoms with Gasteiger partial charge in [-0.3, -0.25) is 0 Å². The third-order valence-electron chi connectivity index (χ3n) is 1.73. The highest BCUT2D eigenvalue weighted by Crippen LogP contribution is 2.15. The van der Waals surface area contributed by atoms with E-state index in [2.05, 4.69) is 31.2 Å². The van der Waals surface area contributed by atoms with Crippen LogP contribution in [0.4, 0.5) is 10.2 Å². The van der Waals surface area contributed by atoms with E-state index in [-0.39, 0.29) is 0 Å². The van der Waals surface area contributed by atoms with E-state index in [0.29, 0.717) is 17.0 Å². The number of nitrogens with zero attached hydrogens (tertiary/aromatic N) is 2.